The minimum absolute atomic E-state index is 0.0650. The van der Waals surface area contributed by atoms with Gasteiger partial charge in [-0.15, -0.1) is 0 Å². The topological polar surface area (TPSA) is 83.2 Å². The maximum absolute atomic E-state index is 13.4. The molecular formula is C10H16F2N4O. The lowest BCUT2D eigenvalue weighted by Crippen LogP contribution is -2.19. The maximum Gasteiger partial charge on any atom is 0.178 e. The summed E-state index contributed by atoms with van der Waals surface area (Å²) in [6, 6.07) is 0.628. The highest BCUT2D eigenvalue weighted by atomic mass is 19.1. The second-order valence-electron chi connectivity index (χ2n) is 3.70. The molecule has 5 N–H and O–H groups in total. The predicted octanol–water partition coefficient (Wildman–Crippen LogP) is 1.22. The number of hydrogen-bond donors (Lipinski definition) is 4. The maximum atomic E-state index is 13.4. The van der Waals surface area contributed by atoms with Crippen molar-refractivity contribution < 1.29 is 13.9 Å². The Bertz CT molecular complexity index is 376. The Morgan fingerprint density at radius 1 is 1.41 bits per heavy atom. The quantitative estimate of drug-likeness (QED) is 0.448. The fraction of sp³-hybridized carbons (Fsp3) is 0.500. The number of rotatable bonds is 6. The van der Waals surface area contributed by atoms with Crippen LogP contribution in [0.25, 0.3) is 0 Å². The van der Waals surface area contributed by atoms with E-state index >= 15 is 0 Å². The van der Waals surface area contributed by atoms with Crippen LogP contribution in [-0.4, -0.2) is 22.7 Å². The molecule has 1 aromatic rings. The van der Waals surface area contributed by atoms with Crippen molar-refractivity contribution in [3.63, 3.8) is 0 Å². The minimum atomic E-state index is -0.849. The first kappa shape index (κ1) is 13.6. The summed E-state index contributed by atoms with van der Waals surface area (Å²) in [4.78, 5) is 3.68. The SMILES string of the molecule is CC(CCCO)Nc1nc(NN)c(F)cc1F. The van der Waals surface area contributed by atoms with Gasteiger partial charge < -0.3 is 15.8 Å². The number of nitrogens with zero attached hydrogens (tertiary/aromatic N) is 1. The molecule has 0 fully saturated rings. The van der Waals surface area contributed by atoms with E-state index in [1.165, 1.54) is 0 Å². The number of aromatic nitrogens is 1. The molecule has 0 aliphatic carbocycles. The zero-order valence-electron chi connectivity index (χ0n) is 9.50. The van der Waals surface area contributed by atoms with Gasteiger partial charge in [0.1, 0.15) is 0 Å². The summed E-state index contributed by atoms with van der Waals surface area (Å²) in [5.41, 5.74) is 2.05. The van der Waals surface area contributed by atoms with E-state index in [2.05, 4.69) is 10.3 Å². The summed E-state index contributed by atoms with van der Waals surface area (Å²) in [6.07, 6.45) is 1.25. The zero-order valence-corrected chi connectivity index (χ0v) is 9.50. The van der Waals surface area contributed by atoms with Crippen LogP contribution in [0, 0.1) is 11.6 Å². The summed E-state index contributed by atoms with van der Waals surface area (Å²) in [5.74, 6) is 3.13. The Balaban J connectivity index is 2.76. The van der Waals surface area contributed by atoms with Gasteiger partial charge in [-0.2, -0.15) is 0 Å². The normalized spacial score (nSPS) is 12.3. The molecule has 17 heavy (non-hydrogen) atoms. The third-order valence-electron chi connectivity index (χ3n) is 2.24. The molecule has 1 aromatic heterocycles. The van der Waals surface area contributed by atoms with Gasteiger partial charge in [-0.3, -0.25) is 0 Å². The van der Waals surface area contributed by atoms with Crippen molar-refractivity contribution in [2.24, 2.45) is 5.84 Å². The zero-order chi connectivity index (χ0) is 12.8. The Morgan fingerprint density at radius 2 is 2.06 bits per heavy atom. The molecule has 0 bridgehead atoms. The van der Waals surface area contributed by atoms with Crippen molar-refractivity contribution in [3.05, 3.63) is 17.7 Å². The van der Waals surface area contributed by atoms with Gasteiger partial charge >= 0.3 is 0 Å². The largest absolute Gasteiger partial charge is 0.396 e. The molecule has 0 saturated carbocycles. The smallest absolute Gasteiger partial charge is 0.178 e. The van der Waals surface area contributed by atoms with Gasteiger partial charge in [-0.1, -0.05) is 0 Å². The number of aliphatic hydroxyl groups is 1. The summed E-state index contributed by atoms with van der Waals surface area (Å²) in [5, 5.41) is 11.4. The van der Waals surface area contributed by atoms with E-state index < -0.39 is 11.6 Å². The summed E-state index contributed by atoms with van der Waals surface area (Å²) in [7, 11) is 0. The number of hydrazine groups is 1. The van der Waals surface area contributed by atoms with Crippen LogP contribution in [-0.2, 0) is 0 Å². The van der Waals surface area contributed by atoms with Crippen molar-refractivity contribution in [1.29, 1.82) is 0 Å². The van der Waals surface area contributed by atoms with E-state index in [9.17, 15) is 8.78 Å². The van der Waals surface area contributed by atoms with E-state index in [1.807, 2.05) is 12.3 Å². The summed E-state index contributed by atoms with van der Waals surface area (Å²) >= 11 is 0. The van der Waals surface area contributed by atoms with Crippen LogP contribution in [0.5, 0.6) is 0 Å². The molecule has 96 valence electrons. The molecule has 7 heteroatoms. The van der Waals surface area contributed by atoms with Gasteiger partial charge in [-0.25, -0.2) is 19.6 Å². The number of hydrogen-bond acceptors (Lipinski definition) is 5. The Morgan fingerprint density at radius 3 is 2.65 bits per heavy atom. The third-order valence-corrected chi connectivity index (χ3v) is 2.24. The fourth-order valence-corrected chi connectivity index (χ4v) is 1.37. The van der Waals surface area contributed by atoms with Crippen molar-refractivity contribution in [2.75, 3.05) is 17.3 Å². The lowest BCUT2D eigenvalue weighted by molar-refractivity contribution is 0.282. The lowest BCUT2D eigenvalue weighted by Gasteiger charge is -2.15. The molecule has 0 aliphatic heterocycles. The van der Waals surface area contributed by atoms with Gasteiger partial charge in [-0.05, 0) is 19.8 Å². The number of nitrogens with one attached hydrogen (secondary N) is 2. The Hall–Kier alpha value is -1.47. The van der Waals surface area contributed by atoms with Crippen LogP contribution in [0.4, 0.5) is 20.4 Å². The van der Waals surface area contributed by atoms with Crippen LogP contribution in [0.1, 0.15) is 19.8 Å². The molecule has 0 amide bonds. The average molecular weight is 246 g/mol. The molecule has 1 atom stereocenters. The molecular weight excluding hydrogens is 230 g/mol. The number of halogens is 2. The molecule has 1 heterocycles. The first-order valence-electron chi connectivity index (χ1n) is 5.28. The van der Waals surface area contributed by atoms with E-state index in [0.29, 0.717) is 18.9 Å². The number of aliphatic hydroxyl groups excluding tert-OH is 1. The highest BCUT2D eigenvalue weighted by Crippen LogP contribution is 2.19. The van der Waals surface area contributed by atoms with E-state index in [4.69, 9.17) is 10.9 Å². The van der Waals surface area contributed by atoms with Crippen LogP contribution in [0.15, 0.2) is 6.07 Å². The van der Waals surface area contributed by atoms with Gasteiger partial charge in [0.2, 0.25) is 0 Å². The van der Waals surface area contributed by atoms with Crippen LogP contribution < -0.4 is 16.6 Å². The highest BCUT2D eigenvalue weighted by molar-refractivity contribution is 5.47. The van der Waals surface area contributed by atoms with Crippen LogP contribution in [0.2, 0.25) is 0 Å². The second-order valence-corrected chi connectivity index (χ2v) is 3.70. The average Bonchev–Trinajstić information content (AvgIpc) is 2.30. The minimum Gasteiger partial charge on any atom is -0.396 e. The van der Waals surface area contributed by atoms with Gasteiger partial charge in [0.25, 0.3) is 0 Å². The van der Waals surface area contributed by atoms with Crippen molar-refractivity contribution in [3.8, 4) is 0 Å². The monoisotopic (exact) mass is 246 g/mol. The van der Waals surface area contributed by atoms with Gasteiger partial charge in [0.05, 0.1) is 0 Å². The van der Waals surface area contributed by atoms with Crippen molar-refractivity contribution >= 4 is 11.6 Å². The van der Waals surface area contributed by atoms with E-state index in [-0.39, 0.29) is 24.3 Å². The first-order valence-corrected chi connectivity index (χ1v) is 5.28. The summed E-state index contributed by atoms with van der Waals surface area (Å²) in [6.45, 7) is 1.89. The van der Waals surface area contributed by atoms with E-state index in [1.54, 1.807) is 0 Å². The number of anilines is 2. The van der Waals surface area contributed by atoms with Gasteiger partial charge in [0, 0.05) is 18.7 Å². The first-order chi connectivity index (χ1) is 8.08. The molecule has 0 radical (unpaired) electrons. The van der Waals surface area contributed by atoms with Crippen LogP contribution >= 0.6 is 0 Å². The van der Waals surface area contributed by atoms with Gasteiger partial charge in [0.15, 0.2) is 23.3 Å². The Kier molecular flexibility index (Phi) is 5.05. The molecule has 1 rings (SSSR count). The number of pyridine rings is 1. The highest BCUT2D eigenvalue weighted by Gasteiger charge is 2.12. The second kappa shape index (κ2) is 6.31. The molecule has 1 unspecified atom stereocenters. The molecule has 0 aliphatic rings. The molecule has 0 saturated heterocycles. The molecule has 0 aromatic carbocycles. The Labute approximate surface area is 98.0 Å². The lowest BCUT2D eigenvalue weighted by atomic mass is 10.2. The van der Waals surface area contributed by atoms with Crippen molar-refractivity contribution in [1.82, 2.24) is 4.98 Å². The molecule has 5 nitrogen and oxygen atoms in total. The fourth-order valence-electron chi connectivity index (χ4n) is 1.37. The van der Waals surface area contributed by atoms with E-state index in [0.717, 1.165) is 0 Å². The molecule has 0 spiro atoms. The number of nitrogen functional groups attached to an aromatic ring is 1. The predicted molar refractivity (Wildman–Crippen MR) is 61.4 cm³/mol. The number of nitrogens with two attached hydrogens (primary N) is 1. The third kappa shape index (κ3) is 3.79. The summed E-state index contributed by atoms with van der Waals surface area (Å²) < 4.78 is 26.4. The van der Waals surface area contributed by atoms with Crippen LogP contribution in [0.3, 0.4) is 0 Å². The van der Waals surface area contributed by atoms with Crippen molar-refractivity contribution in [2.45, 2.75) is 25.8 Å². The standard InChI is InChI=1S/C10H16F2N4O/c1-6(3-2-4-17)14-9-7(11)5-8(12)10(15-9)16-13/h5-6,17H,2-4,13H2,1H3,(H2,14,15,16).